The molecule has 1 aromatic rings. The van der Waals surface area contributed by atoms with Gasteiger partial charge in [-0.2, -0.15) is 0 Å². The quantitative estimate of drug-likeness (QED) is 0.848. The maximum atomic E-state index is 6.14. The molecular formula is C15H25NO. The summed E-state index contributed by atoms with van der Waals surface area (Å²) < 4.78 is 5.72. The van der Waals surface area contributed by atoms with Gasteiger partial charge in [0.25, 0.3) is 0 Å². The highest BCUT2D eigenvalue weighted by Gasteiger charge is 2.14. The van der Waals surface area contributed by atoms with Gasteiger partial charge in [0.15, 0.2) is 0 Å². The second-order valence-corrected chi connectivity index (χ2v) is 5.52. The zero-order valence-corrected chi connectivity index (χ0v) is 11.5. The first-order valence-electron chi connectivity index (χ1n) is 6.41. The molecule has 96 valence electrons. The van der Waals surface area contributed by atoms with Crippen LogP contribution in [-0.4, -0.2) is 12.2 Å². The molecule has 2 nitrogen and oxygen atoms in total. The maximum Gasteiger partial charge on any atom is 0.0666 e. The molecule has 17 heavy (non-hydrogen) atoms. The van der Waals surface area contributed by atoms with E-state index in [0.717, 1.165) is 12.8 Å². The van der Waals surface area contributed by atoms with Gasteiger partial charge in [-0.3, -0.25) is 0 Å². The van der Waals surface area contributed by atoms with Gasteiger partial charge in [-0.1, -0.05) is 37.6 Å². The average Bonchev–Trinajstić information content (AvgIpc) is 2.26. The SMILES string of the molecule is CCCc1cccc(C(N)COC(C)(C)C)c1. The van der Waals surface area contributed by atoms with Crippen molar-refractivity contribution in [2.24, 2.45) is 5.73 Å². The summed E-state index contributed by atoms with van der Waals surface area (Å²) in [5.74, 6) is 0. The third kappa shape index (κ3) is 5.33. The van der Waals surface area contributed by atoms with Crippen molar-refractivity contribution in [3.05, 3.63) is 35.4 Å². The van der Waals surface area contributed by atoms with Crippen LogP contribution in [0.1, 0.15) is 51.3 Å². The molecule has 1 aromatic carbocycles. The summed E-state index contributed by atoms with van der Waals surface area (Å²) in [5, 5.41) is 0. The number of nitrogens with two attached hydrogens (primary N) is 1. The summed E-state index contributed by atoms with van der Waals surface area (Å²) in [4.78, 5) is 0. The average molecular weight is 235 g/mol. The summed E-state index contributed by atoms with van der Waals surface area (Å²) in [5.41, 5.74) is 8.54. The fourth-order valence-corrected chi connectivity index (χ4v) is 1.70. The van der Waals surface area contributed by atoms with Gasteiger partial charge in [0, 0.05) is 0 Å². The third-order valence-electron chi connectivity index (χ3n) is 2.61. The Morgan fingerprint density at radius 2 is 2.00 bits per heavy atom. The third-order valence-corrected chi connectivity index (χ3v) is 2.61. The standard InChI is InChI=1S/C15H25NO/c1-5-7-12-8-6-9-13(10-12)14(16)11-17-15(2,3)4/h6,8-10,14H,5,7,11,16H2,1-4H3. The molecule has 0 aliphatic rings. The van der Waals surface area contributed by atoms with E-state index < -0.39 is 0 Å². The first-order chi connectivity index (χ1) is 7.92. The number of rotatable bonds is 5. The molecule has 0 fully saturated rings. The lowest BCUT2D eigenvalue weighted by Crippen LogP contribution is -2.26. The lowest BCUT2D eigenvalue weighted by atomic mass is 10.0. The molecule has 0 aliphatic carbocycles. The van der Waals surface area contributed by atoms with E-state index in [1.54, 1.807) is 0 Å². The zero-order chi connectivity index (χ0) is 12.9. The van der Waals surface area contributed by atoms with E-state index in [1.807, 2.05) is 20.8 Å². The monoisotopic (exact) mass is 235 g/mol. The minimum Gasteiger partial charge on any atom is -0.374 e. The lowest BCUT2D eigenvalue weighted by Gasteiger charge is -2.22. The minimum absolute atomic E-state index is 0.0361. The van der Waals surface area contributed by atoms with Crippen LogP contribution in [0, 0.1) is 0 Å². The molecule has 0 radical (unpaired) electrons. The van der Waals surface area contributed by atoms with E-state index >= 15 is 0 Å². The van der Waals surface area contributed by atoms with E-state index in [9.17, 15) is 0 Å². The summed E-state index contributed by atoms with van der Waals surface area (Å²) in [7, 11) is 0. The van der Waals surface area contributed by atoms with Gasteiger partial charge in [-0.25, -0.2) is 0 Å². The van der Waals surface area contributed by atoms with Gasteiger partial charge in [-0.05, 0) is 38.3 Å². The van der Waals surface area contributed by atoms with Gasteiger partial charge in [0.2, 0.25) is 0 Å². The van der Waals surface area contributed by atoms with Crippen LogP contribution in [0.3, 0.4) is 0 Å². The summed E-state index contributed by atoms with van der Waals surface area (Å²) in [6, 6.07) is 8.48. The van der Waals surface area contributed by atoms with E-state index in [-0.39, 0.29) is 11.6 Å². The molecule has 1 atom stereocenters. The Morgan fingerprint density at radius 3 is 2.59 bits per heavy atom. The fraction of sp³-hybridized carbons (Fsp3) is 0.600. The molecule has 0 bridgehead atoms. The minimum atomic E-state index is -0.126. The highest BCUT2D eigenvalue weighted by atomic mass is 16.5. The van der Waals surface area contributed by atoms with Crippen molar-refractivity contribution in [3.8, 4) is 0 Å². The Bertz CT molecular complexity index is 341. The normalized spacial score (nSPS) is 13.7. The number of hydrogen-bond donors (Lipinski definition) is 1. The van der Waals surface area contributed by atoms with Crippen molar-refractivity contribution >= 4 is 0 Å². The molecule has 0 aliphatic heterocycles. The first kappa shape index (κ1) is 14.2. The van der Waals surface area contributed by atoms with Crippen molar-refractivity contribution in [1.82, 2.24) is 0 Å². The van der Waals surface area contributed by atoms with E-state index in [1.165, 1.54) is 11.1 Å². The van der Waals surface area contributed by atoms with Gasteiger partial charge in [0.05, 0.1) is 18.2 Å². The van der Waals surface area contributed by atoms with Crippen LogP contribution in [0.4, 0.5) is 0 Å². The summed E-state index contributed by atoms with van der Waals surface area (Å²) in [6.07, 6.45) is 2.28. The second kappa shape index (κ2) is 6.18. The molecule has 0 saturated carbocycles. The van der Waals surface area contributed by atoms with Crippen molar-refractivity contribution in [2.75, 3.05) is 6.61 Å². The van der Waals surface area contributed by atoms with Gasteiger partial charge >= 0.3 is 0 Å². The Labute approximate surface area is 105 Å². The van der Waals surface area contributed by atoms with Gasteiger partial charge in [-0.15, -0.1) is 0 Å². The Hall–Kier alpha value is -0.860. The van der Waals surface area contributed by atoms with E-state index in [0.29, 0.717) is 6.61 Å². The van der Waals surface area contributed by atoms with Crippen LogP contribution in [0.25, 0.3) is 0 Å². The highest BCUT2D eigenvalue weighted by Crippen LogP contribution is 2.17. The zero-order valence-electron chi connectivity index (χ0n) is 11.5. The molecule has 2 heteroatoms. The van der Waals surface area contributed by atoms with Crippen LogP contribution >= 0.6 is 0 Å². The molecule has 2 N–H and O–H groups in total. The topological polar surface area (TPSA) is 35.2 Å². The molecule has 1 rings (SSSR count). The smallest absolute Gasteiger partial charge is 0.0666 e. The molecule has 0 amide bonds. The molecule has 0 spiro atoms. The van der Waals surface area contributed by atoms with Crippen molar-refractivity contribution in [1.29, 1.82) is 0 Å². The molecule has 1 unspecified atom stereocenters. The van der Waals surface area contributed by atoms with Crippen LogP contribution in [0.15, 0.2) is 24.3 Å². The Kier molecular flexibility index (Phi) is 5.16. The molecule has 0 heterocycles. The maximum absolute atomic E-state index is 6.14. The van der Waals surface area contributed by atoms with Crippen LogP contribution in [0.5, 0.6) is 0 Å². The molecule has 0 aromatic heterocycles. The Balaban J connectivity index is 2.62. The highest BCUT2D eigenvalue weighted by molar-refractivity contribution is 5.26. The van der Waals surface area contributed by atoms with Crippen LogP contribution in [0.2, 0.25) is 0 Å². The lowest BCUT2D eigenvalue weighted by molar-refractivity contribution is -0.0102. The fourth-order valence-electron chi connectivity index (χ4n) is 1.70. The number of benzene rings is 1. The van der Waals surface area contributed by atoms with Crippen LogP contribution < -0.4 is 5.73 Å². The predicted molar refractivity (Wildman–Crippen MR) is 73.1 cm³/mol. The first-order valence-corrected chi connectivity index (χ1v) is 6.41. The summed E-state index contributed by atoms with van der Waals surface area (Å²) >= 11 is 0. The molecular weight excluding hydrogens is 210 g/mol. The van der Waals surface area contributed by atoms with Gasteiger partial charge in [0.1, 0.15) is 0 Å². The number of hydrogen-bond acceptors (Lipinski definition) is 2. The Morgan fingerprint density at radius 1 is 1.29 bits per heavy atom. The second-order valence-electron chi connectivity index (χ2n) is 5.52. The van der Waals surface area contributed by atoms with Crippen molar-refractivity contribution in [2.45, 2.75) is 52.2 Å². The summed E-state index contributed by atoms with van der Waals surface area (Å²) in [6.45, 7) is 8.90. The number of aryl methyl sites for hydroxylation is 1. The van der Waals surface area contributed by atoms with Gasteiger partial charge < -0.3 is 10.5 Å². The van der Waals surface area contributed by atoms with E-state index in [4.69, 9.17) is 10.5 Å². The van der Waals surface area contributed by atoms with Crippen LogP contribution in [-0.2, 0) is 11.2 Å². The predicted octanol–water partition coefficient (Wildman–Crippen LogP) is 3.45. The number of ether oxygens (including phenoxy) is 1. The molecule has 0 saturated heterocycles. The van der Waals surface area contributed by atoms with Crippen molar-refractivity contribution in [3.63, 3.8) is 0 Å². The largest absolute Gasteiger partial charge is 0.374 e. The van der Waals surface area contributed by atoms with E-state index in [2.05, 4.69) is 31.2 Å². The van der Waals surface area contributed by atoms with Crippen molar-refractivity contribution < 1.29 is 4.74 Å².